The van der Waals surface area contributed by atoms with Crippen molar-refractivity contribution in [3.63, 3.8) is 0 Å². The van der Waals surface area contributed by atoms with Crippen molar-refractivity contribution < 1.29 is 22.4 Å². The van der Waals surface area contributed by atoms with Gasteiger partial charge in [0.15, 0.2) is 0 Å². The fraction of sp³-hybridized carbons (Fsp3) is 0.0476. The van der Waals surface area contributed by atoms with Gasteiger partial charge in [-0.2, -0.15) is 4.31 Å². The van der Waals surface area contributed by atoms with Crippen LogP contribution in [-0.4, -0.2) is 21.4 Å². The molecule has 0 unspecified atom stereocenters. The summed E-state index contributed by atoms with van der Waals surface area (Å²) in [5.74, 6) is -0.371. The lowest BCUT2D eigenvalue weighted by molar-refractivity contribution is 0.101. The molecule has 158 valence electrons. The van der Waals surface area contributed by atoms with Crippen molar-refractivity contribution in [2.75, 3.05) is 11.4 Å². The quantitative estimate of drug-likeness (QED) is 0.420. The molecule has 0 fully saturated rings. The van der Waals surface area contributed by atoms with Crippen molar-refractivity contribution in [2.24, 2.45) is 0 Å². The maximum absolute atomic E-state index is 13.5. The Morgan fingerprint density at radius 3 is 2.45 bits per heavy atom. The molecule has 10 heteroatoms. The number of carbonyl (C=O) groups is 1. The smallest absolute Gasteiger partial charge is 0.396 e. The molecule has 0 atom stereocenters. The number of hydrogen-bond acceptors (Lipinski definition) is 7. The lowest BCUT2D eigenvalue weighted by Gasteiger charge is -2.23. The third kappa shape index (κ3) is 3.95. The van der Waals surface area contributed by atoms with E-state index in [0.717, 1.165) is 11.3 Å². The first-order chi connectivity index (χ1) is 14.8. The predicted molar refractivity (Wildman–Crippen MR) is 119 cm³/mol. The monoisotopic (exact) mass is 475 g/mol. The lowest BCUT2D eigenvalue weighted by Crippen LogP contribution is -2.37. The zero-order valence-electron chi connectivity index (χ0n) is 15.9. The second-order valence-corrected chi connectivity index (χ2v) is 9.49. The zero-order valence-corrected chi connectivity index (χ0v) is 18.3. The van der Waals surface area contributed by atoms with Gasteiger partial charge in [-0.05, 0) is 54.6 Å². The molecule has 1 aromatic heterocycles. The van der Waals surface area contributed by atoms with E-state index < -0.39 is 20.9 Å². The Bertz CT molecular complexity index is 1440. The molecule has 1 heterocycles. The Labute approximate surface area is 186 Å². The number of benzene rings is 3. The summed E-state index contributed by atoms with van der Waals surface area (Å²) in [7, 11) is -2.88. The Balaban J connectivity index is 1.91. The second-order valence-electron chi connectivity index (χ2n) is 6.32. The molecular weight excluding hydrogens is 462 g/mol. The van der Waals surface area contributed by atoms with Gasteiger partial charge >= 0.3 is 4.94 Å². The maximum atomic E-state index is 13.5. The number of amides is 1. The van der Waals surface area contributed by atoms with Crippen LogP contribution in [0.25, 0.3) is 10.3 Å². The summed E-state index contributed by atoms with van der Waals surface area (Å²) in [6.07, 6.45) is 0. The molecule has 4 rings (SSSR count). The fourth-order valence-corrected chi connectivity index (χ4v) is 5.27. The van der Waals surface area contributed by atoms with Crippen LogP contribution >= 0.6 is 22.9 Å². The van der Waals surface area contributed by atoms with E-state index in [1.165, 1.54) is 61.7 Å². The highest BCUT2D eigenvalue weighted by molar-refractivity contribution is 7.93. The van der Waals surface area contributed by atoms with E-state index >= 15 is 0 Å². The minimum atomic E-state index is -4.34. The van der Waals surface area contributed by atoms with E-state index in [-0.39, 0.29) is 21.2 Å². The number of ether oxygens (including phenoxy) is 1. The molecule has 4 aromatic rings. The molecule has 0 aliphatic carbocycles. The van der Waals surface area contributed by atoms with E-state index in [0.29, 0.717) is 20.3 Å². The number of methoxy groups -OCH3 is 1. The third-order valence-corrected chi connectivity index (χ3v) is 7.28. The Kier molecular flexibility index (Phi) is 5.57. The van der Waals surface area contributed by atoms with Crippen LogP contribution < -0.4 is 14.0 Å². The van der Waals surface area contributed by atoms with Gasteiger partial charge in [0, 0.05) is 0 Å². The van der Waals surface area contributed by atoms with Crippen LogP contribution in [0.3, 0.4) is 0 Å². The van der Waals surface area contributed by atoms with Crippen molar-refractivity contribution >= 4 is 54.8 Å². The topological polar surface area (TPSA) is 93.9 Å². The normalized spacial score (nSPS) is 11.4. The van der Waals surface area contributed by atoms with Gasteiger partial charge in [-0.3, -0.25) is 4.79 Å². The molecule has 0 aliphatic rings. The van der Waals surface area contributed by atoms with Crippen molar-refractivity contribution in [3.8, 4) is 5.75 Å². The van der Waals surface area contributed by atoms with Crippen LogP contribution in [-0.2, 0) is 10.0 Å². The first-order valence-electron chi connectivity index (χ1n) is 8.83. The SMILES string of the molecule is COc1ccc(S(=O)(=O)N(C(=O)c2ccccc2Cl)c2ccc3oc(=O)sc3c2)cc1. The van der Waals surface area contributed by atoms with Gasteiger partial charge < -0.3 is 9.15 Å². The minimum absolute atomic E-state index is 0.0155. The van der Waals surface area contributed by atoms with Gasteiger partial charge in [-0.1, -0.05) is 35.1 Å². The van der Waals surface area contributed by atoms with Gasteiger partial charge in [0.1, 0.15) is 11.3 Å². The number of anilines is 1. The molecule has 0 aliphatic heterocycles. The number of nitrogens with zero attached hydrogens (tertiary/aromatic N) is 1. The number of rotatable bonds is 5. The van der Waals surface area contributed by atoms with E-state index in [1.54, 1.807) is 12.1 Å². The molecule has 0 N–H and O–H groups in total. The molecule has 0 bridgehead atoms. The highest BCUT2D eigenvalue weighted by Crippen LogP contribution is 2.31. The summed E-state index contributed by atoms with van der Waals surface area (Å²) in [5, 5.41) is 0.108. The molecule has 7 nitrogen and oxygen atoms in total. The van der Waals surface area contributed by atoms with Crippen molar-refractivity contribution in [2.45, 2.75) is 4.90 Å². The van der Waals surface area contributed by atoms with E-state index in [9.17, 15) is 18.0 Å². The number of sulfonamides is 1. The van der Waals surface area contributed by atoms with E-state index in [1.807, 2.05) is 0 Å². The Hall–Kier alpha value is -3.14. The Morgan fingerprint density at radius 1 is 1.06 bits per heavy atom. The fourth-order valence-electron chi connectivity index (χ4n) is 2.95. The summed E-state index contributed by atoms with van der Waals surface area (Å²) in [4.78, 5) is 24.3. The van der Waals surface area contributed by atoms with Crippen molar-refractivity contribution in [1.29, 1.82) is 0 Å². The second kappa shape index (κ2) is 8.18. The molecule has 0 saturated heterocycles. The molecule has 1 amide bonds. The van der Waals surface area contributed by atoms with Crippen LogP contribution in [0.1, 0.15) is 10.4 Å². The molecule has 0 spiro atoms. The zero-order chi connectivity index (χ0) is 22.2. The number of carbonyl (C=O) groups excluding carboxylic acids is 1. The predicted octanol–water partition coefficient (Wildman–Crippen LogP) is 4.55. The summed E-state index contributed by atoms with van der Waals surface area (Å²) in [6, 6.07) is 16.1. The molecule has 0 saturated carbocycles. The van der Waals surface area contributed by atoms with Crippen LogP contribution in [0.2, 0.25) is 5.02 Å². The van der Waals surface area contributed by atoms with E-state index in [4.69, 9.17) is 20.8 Å². The summed E-state index contributed by atoms with van der Waals surface area (Å²) < 4.78 is 38.3. The third-order valence-electron chi connectivity index (χ3n) is 4.43. The van der Waals surface area contributed by atoms with Gasteiger partial charge in [0.05, 0.1) is 33.0 Å². The number of fused-ring (bicyclic) bond motifs is 1. The van der Waals surface area contributed by atoms with Crippen LogP contribution in [0.5, 0.6) is 5.75 Å². The van der Waals surface area contributed by atoms with Crippen molar-refractivity contribution in [1.82, 2.24) is 0 Å². The largest absolute Gasteiger partial charge is 0.497 e. The minimum Gasteiger partial charge on any atom is -0.497 e. The van der Waals surface area contributed by atoms with Crippen LogP contribution in [0.15, 0.2) is 80.8 Å². The highest BCUT2D eigenvalue weighted by atomic mass is 35.5. The summed E-state index contributed by atoms with van der Waals surface area (Å²) in [6.45, 7) is 0. The standard InChI is InChI=1S/C21H14ClNO6S2/c1-28-14-7-9-15(10-8-14)31(26,27)23(20(24)16-4-2-3-5-17(16)22)13-6-11-18-19(12-13)30-21(25)29-18/h2-12H,1H3. The van der Waals surface area contributed by atoms with Gasteiger partial charge in [0.25, 0.3) is 15.9 Å². The number of hydrogen-bond donors (Lipinski definition) is 0. The van der Waals surface area contributed by atoms with E-state index in [2.05, 4.69) is 0 Å². The average Bonchev–Trinajstić information content (AvgIpc) is 3.13. The molecule has 31 heavy (non-hydrogen) atoms. The summed E-state index contributed by atoms with van der Waals surface area (Å²) in [5.41, 5.74) is 0.359. The van der Waals surface area contributed by atoms with Gasteiger partial charge in [0.2, 0.25) is 0 Å². The molecule has 0 radical (unpaired) electrons. The lowest BCUT2D eigenvalue weighted by atomic mass is 10.2. The Morgan fingerprint density at radius 2 is 1.77 bits per heavy atom. The maximum Gasteiger partial charge on any atom is 0.396 e. The molecular formula is C21H14ClNO6S2. The highest BCUT2D eigenvalue weighted by Gasteiger charge is 2.33. The first-order valence-corrected chi connectivity index (χ1v) is 11.5. The van der Waals surface area contributed by atoms with Crippen LogP contribution in [0, 0.1) is 0 Å². The average molecular weight is 476 g/mol. The first kappa shape index (κ1) is 21.1. The summed E-state index contributed by atoms with van der Waals surface area (Å²) >= 11 is 6.98. The van der Waals surface area contributed by atoms with Crippen molar-refractivity contribution in [3.05, 3.63) is 87.0 Å². The molecule has 3 aromatic carbocycles. The van der Waals surface area contributed by atoms with Gasteiger partial charge in [-0.25, -0.2) is 13.2 Å². The number of halogens is 1. The van der Waals surface area contributed by atoms with Crippen LogP contribution in [0.4, 0.5) is 5.69 Å². The van der Waals surface area contributed by atoms with Gasteiger partial charge in [-0.15, -0.1) is 0 Å².